The van der Waals surface area contributed by atoms with Crippen LogP contribution in [0.25, 0.3) is 0 Å². The van der Waals surface area contributed by atoms with Gasteiger partial charge in [0.25, 0.3) is 0 Å². The molecule has 15 heavy (non-hydrogen) atoms. The van der Waals surface area contributed by atoms with Gasteiger partial charge in [0.05, 0.1) is 6.10 Å². The van der Waals surface area contributed by atoms with Crippen LogP contribution in [0.1, 0.15) is 33.1 Å². The molecule has 0 aromatic rings. The summed E-state index contributed by atoms with van der Waals surface area (Å²) in [6.45, 7) is 2.64. The van der Waals surface area contributed by atoms with E-state index < -0.39 is 6.10 Å². The van der Waals surface area contributed by atoms with Crippen molar-refractivity contribution in [2.24, 2.45) is 0 Å². The average molecular weight is 216 g/mol. The van der Waals surface area contributed by atoms with Crippen molar-refractivity contribution in [1.29, 1.82) is 0 Å². The maximum Gasteiger partial charge on any atom is 0.302 e. The highest BCUT2D eigenvalue weighted by Crippen LogP contribution is 2.24. The van der Waals surface area contributed by atoms with E-state index >= 15 is 0 Å². The molecule has 86 valence electrons. The number of carbonyl (C=O) groups is 2. The Bertz CT molecular complexity index is 226. The third kappa shape index (κ3) is 4.29. The Hall–Kier alpha value is -1.10. The lowest BCUT2D eigenvalue weighted by atomic mass is 9.92. The fourth-order valence-corrected chi connectivity index (χ4v) is 1.85. The molecule has 1 rings (SSSR count). The van der Waals surface area contributed by atoms with Crippen LogP contribution in [0, 0.1) is 0 Å². The van der Waals surface area contributed by atoms with Gasteiger partial charge in [-0.2, -0.15) is 0 Å². The van der Waals surface area contributed by atoms with E-state index in [1.54, 1.807) is 0 Å². The van der Waals surface area contributed by atoms with E-state index in [4.69, 9.17) is 9.47 Å². The smallest absolute Gasteiger partial charge is 0.302 e. The molecule has 0 radical (unpaired) electrons. The van der Waals surface area contributed by atoms with Crippen LogP contribution in [-0.2, 0) is 19.1 Å². The SMILES string of the molecule is CC(=O)OC1CC(O)CC(OC(C)=O)C1. The minimum Gasteiger partial charge on any atom is -0.462 e. The van der Waals surface area contributed by atoms with Crippen LogP contribution in [0.5, 0.6) is 0 Å². The van der Waals surface area contributed by atoms with E-state index in [0.29, 0.717) is 19.3 Å². The van der Waals surface area contributed by atoms with Crippen molar-refractivity contribution in [3.63, 3.8) is 0 Å². The fraction of sp³-hybridized carbons (Fsp3) is 0.800. The number of aliphatic hydroxyl groups is 1. The molecule has 0 spiro atoms. The van der Waals surface area contributed by atoms with Crippen molar-refractivity contribution >= 4 is 11.9 Å². The molecule has 0 aliphatic heterocycles. The molecule has 0 heterocycles. The Morgan fingerprint density at radius 3 is 1.73 bits per heavy atom. The predicted octanol–water partition coefficient (Wildman–Crippen LogP) is 0.395. The Balaban J connectivity index is 2.47. The topological polar surface area (TPSA) is 72.8 Å². The van der Waals surface area contributed by atoms with Crippen molar-refractivity contribution in [1.82, 2.24) is 0 Å². The minimum absolute atomic E-state index is 0.351. The summed E-state index contributed by atoms with van der Waals surface area (Å²) in [5.74, 6) is -0.758. The van der Waals surface area contributed by atoms with Gasteiger partial charge in [0.2, 0.25) is 0 Å². The second kappa shape index (κ2) is 5.11. The summed E-state index contributed by atoms with van der Waals surface area (Å²) in [4.78, 5) is 21.5. The number of esters is 2. The van der Waals surface area contributed by atoms with E-state index in [2.05, 4.69) is 0 Å². The van der Waals surface area contributed by atoms with Gasteiger partial charge in [-0.15, -0.1) is 0 Å². The first-order valence-electron chi connectivity index (χ1n) is 5.00. The zero-order valence-corrected chi connectivity index (χ0v) is 8.93. The second-order valence-electron chi connectivity index (χ2n) is 3.82. The molecule has 2 atom stereocenters. The lowest BCUT2D eigenvalue weighted by Gasteiger charge is -2.31. The highest BCUT2D eigenvalue weighted by atomic mass is 16.6. The third-order valence-corrected chi connectivity index (χ3v) is 2.26. The molecule has 5 heteroatoms. The van der Waals surface area contributed by atoms with Crippen LogP contribution >= 0.6 is 0 Å². The Kier molecular flexibility index (Phi) is 4.08. The zero-order valence-electron chi connectivity index (χ0n) is 8.93. The molecule has 1 aliphatic carbocycles. The molecular weight excluding hydrogens is 200 g/mol. The lowest BCUT2D eigenvalue weighted by molar-refractivity contribution is -0.160. The van der Waals surface area contributed by atoms with Gasteiger partial charge in [0.1, 0.15) is 12.2 Å². The normalized spacial score (nSPS) is 30.7. The van der Waals surface area contributed by atoms with Gasteiger partial charge in [0.15, 0.2) is 0 Å². The molecule has 0 saturated heterocycles. The summed E-state index contributed by atoms with van der Waals surface area (Å²) in [6.07, 6.45) is 0.0175. The summed E-state index contributed by atoms with van der Waals surface area (Å²) in [5.41, 5.74) is 0. The van der Waals surface area contributed by atoms with Crippen LogP contribution in [0.2, 0.25) is 0 Å². The van der Waals surface area contributed by atoms with Gasteiger partial charge in [-0.3, -0.25) is 9.59 Å². The molecule has 1 N–H and O–H groups in total. The molecule has 0 amide bonds. The molecule has 1 saturated carbocycles. The molecule has 5 nitrogen and oxygen atoms in total. The molecule has 0 aromatic carbocycles. The molecule has 0 aromatic heterocycles. The largest absolute Gasteiger partial charge is 0.462 e. The first-order valence-corrected chi connectivity index (χ1v) is 5.00. The van der Waals surface area contributed by atoms with Gasteiger partial charge in [-0.25, -0.2) is 0 Å². The predicted molar refractivity (Wildman–Crippen MR) is 51.0 cm³/mol. The monoisotopic (exact) mass is 216 g/mol. The second-order valence-corrected chi connectivity index (χ2v) is 3.82. The summed E-state index contributed by atoms with van der Waals surface area (Å²) >= 11 is 0. The van der Waals surface area contributed by atoms with Crippen LogP contribution in [0.4, 0.5) is 0 Å². The molecular formula is C10H16O5. The molecule has 1 fully saturated rings. The van der Waals surface area contributed by atoms with Gasteiger partial charge in [-0.05, 0) is 0 Å². The van der Waals surface area contributed by atoms with Crippen molar-refractivity contribution < 1.29 is 24.2 Å². The van der Waals surface area contributed by atoms with E-state index in [1.807, 2.05) is 0 Å². The summed E-state index contributed by atoms with van der Waals surface area (Å²) in [5, 5.41) is 9.49. The highest BCUT2D eigenvalue weighted by Gasteiger charge is 2.31. The van der Waals surface area contributed by atoms with E-state index in [-0.39, 0.29) is 24.1 Å². The van der Waals surface area contributed by atoms with Gasteiger partial charge >= 0.3 is 11.9 Å². The fourth-order valence-electron chi connectivity index (χ4n) is 1.85. The van der Waals surface area contributed by atoms with Crippen LogP contribution in [-0.4, -0.2) is 35.4 Å². The van der Waals surface area contributed by atoms with E-state index in [9.17, 15) is 14.7 Å². The zero-order chi connectivity index (χ0) is 11.4. The standard InChI is InChI=1S/C10H16O5/c1-6(11)14-9-3-8(13)4-10(5-9)15-7(2)12/h8-10,13H,3-5H2,1-2H3. The van der Waals surface area contributed by atoms with Crippen molar-refractivity contribution in [2.75, 3.05) is 0 Å². The average Bonchev–Trinajstić information content (AvgIpc) is 1.98. The van der Waals surface area contributed by atoms with Gasteiger partial charge in [0, 0.05) is 33.1 Å². The van der Waals surface area contributed by atoms with Crippen molar-refractivity contribution in [2.45, 2.75) is 51.4 Å². The van der Waals surface area contributed by atoms with E-state index in [1.165, 1.54) is 13.8 Å². The highest BCUT2D eigenvalue weighted by molar-refractivity contribution is 5.66. The number of ether oxygens (including phenoxy) is 2. The summed E-state index contributed by atoms with van der Waals surface area (Å²) in [6, 6.07) is 0. The lowest BCUT2D eigenvalue weighted by Crippen LogP contribution is -2.37. The number of aliphatic hydroxyl groups excluding tert-OH is 1. The molecule has 2 unspecified atom stereocenters. The van der Waals surface area contributed by atoms with Crippen LogP contribution < -0.4 is 0 Å². The minimum atomic E-state index is -0.576. The van der Waals surface area contributed by atoms with Gasteiger partial charge < -0.3 is 14.6 Å². The maximum atomic E-state index is 10.7. The van der Waals surface area contributed by atoms with Crippen molar-refractivity contribution in [3.8, 4) is 0 Å². The number of rotatable bonds is 2. The van der Waals surface area contributed by atoms with Crippen molar-refractivity contribution in [3.05, 3.63) is 0 Å². The Morgan fingerprint density at radius 1 is 1.00 bits per heavy atom. The molecule has 0 bridgehead atoms. The third-order valence-electron chi connectivity index (χ3n) is 2.26. The first-order chi connectivity index (χ1) is 6.97. The summed E-state index contributed by atoms with van der Waals surface area (Å²) < 4.78 is 9.97. The maximum absolute atomic E-state index is 10.7. The van der Waals surface area contributed by atoms with Crippen LogP contribution in [0.15, 0.2) is 0 Å². The van der Waals surface area contributed by atoms with Crippen LogP contribution in [0.3, 0.4) is 0 Å². The Labute approximate surface area is 88.4 Å². The van der Waals surface area contributed by atoms with Gasteiger partial charge in [-0.1, -0.05) is 0 Å². The number of hydrogen-bond acceptors (Lipinski definition) is 5. The number of hydrogen-bond donors (Lipinski definition) is 1. The quantitative estimate of drug-likeness (QED) is 0.676. The first kappa shape index (κ1) is 12.0. The van der Waals surface area contributed by atoms with E-state index in [0.717, 1.165) is 0 Å². The molecule has 1 aliphatic rings. The summed E-state index contributed by atoms with van der Waals surface area (Å²) in [7, 11) is 0. The Morgan fingerprint density at radius 2 is 1.40 bits per heavy atom. The number of carbonyl (C=O) groups excluding carboxylic acids is 2.